The lowest BCUT2D eigenvalue weighted by Crippen LogP contribution is -2.31. The topological polar surface area (TPSA) is 99.2 Å². The third kappa shape index (κ3) is 4.46. The van der Waals surface area contributed by atoms with E-state index in [1.54, 1.807) is 24.4 Å². The summed E-state index contributed by atoms with van der Waals surface area (Å²) in [6.07, 6.45) is 2.81. The molecule has 2 aromatic heterocycles. The minimum Gasteiger partial charge on any atom is -0.351 e. The van der Waals surface area contributed by atoms with Gasteiger partial charge in [-0.2, -0.15) is 17.1 Å². The predicted octanol–water partition coefficient (Wildman–Crippen LogP) is 3.18. The van der Waals surface area contributed by atoms with Gasteiger partial charge >= 0.3 is 10.2 Å². The van der Waals surface area contributed by atoms with Crippen molar-refractivity contribution in [1.82, 2.24) is 13.9 Å². The average molecular weight is 531 g/mol. The van der Waals surface area contributed by atoms with Crippen LogP contribution in [0, 0.1) is 16.3 Å². The normalized spacial score (nSPS) is 11.7. The Balaban J connectivity index is 2.20. The van der Waals surface area contributed by atoms with Gasteiger partial charge in [-0.05, 0) is 65.4 Å². The molecule has 3 rings (SSSR count). The highest BCUT2D eigenvalue weighted by Crippen LogP contribution is 2.30. The molecular formula is C18H19FIN5O3S. The molecule has 29 heavy (non-hydrogen) atoms. The van der Waals surface area contributed by atoms with E-state index in [2.05, 4.69) is 37.6 Å². The molecule has 0 bridgehead atoms. The number of halogens is 2. The maximum atomic E-state index is 15.1. The second kappa shape index (κ2) is 8.16. The Morgan fingerprint density at radius 1 is 1.21 bits per heavy atom. The third-order valence-corrected chi connectivity index (χ3v) is 6.27. The molecule has 1 aromatic carbocycles. The van der Waals surface area contributed by atoms with Crippen molar-refractivity contribution < 1.29 is 12.8 Å². The zero-order valence-electron chi connectivity index (χ0n) is 15.8. The van der Waals surface area contributed by atoms with Gasteiger partial charge in [-0.3, -0.25) is 14.1 Å². The molecule has 0 radical (unpaired) electrons. The summed E-state index contributed by atoms with van der Waals surface area (Å²) in [6.45, 7) is 1.83. The molecule has 2 heterocycles. The van der Waals surface area contributed by atoms with Gasteiger partial charge in [-0.15, -0.1) is 0 Å². The Hall–Kier alpha value is -2.38. The van der Waals surface area contributed by atoms with E-state index in [1.165, 1.54) is 20.3 Å². The number of benzene rings is 1. The van der Waals surface area contributed by atoms with E-state index in [0.717, 1.165) is 18.0 Å². The third-order valence-electron chi connectivity index (χ3n) is 4.16. The molecule has 0 aliphatic carbocycles. The molecule has 3 aromatic rings. The number of hydrogen-bond donors (Lipinski definition) is 3. The average Bonchev–Trinajstić information content (AvgIpc) is 3.17. The smallest absolute Gasteiger partial charge is 0.301 e. The Kier molecular flexibility index (Phi) is 6.00. The van der Waals surface area contributed by atoms with Crippen molar-refractivity contribution in [2.45, 2.75) is 6.92 Å². The van der Waals surface area contributed by atoms with Gasteiger partial charge in [0.25, 0.3) is 5.56 Å². The number of anilines is 3. The fourth-order valence-electron chi connectivity index (χ4n) is 2.56. The van der Waals surface area contributed by atoms with Gasteiger partial charge in [0.05, 0.1) is 5.69 Å². The monoisotopic (exact) mass is 531 g/mol. The van der Waals surface area contributed by atoms with Crippen LogP contribution in [0.5, 0.6) is 0 Å². The number of H-pyrrole nitrogens is 1. The highest BCUT2D eigenvalue weighted by Gasteiger charge is 2.22. The molecule has 0 atom stereocenters. The lowest BCUT2D eigenvalue weighted by molar-refractivity contribution is 0.526. The number of pyridine rings is 1. The van der Waals surface area contributed by atoms with Crippen molar-refractivity contribution in [3.63, 3.8) is 0 Å². The van der Waals surface area contributed by atoms with Gasteiger partial charge in [0.1, 0.15) is 11.5 Å². The standard InChI is InChI=1S/C18H19FIN5O3S/c1-11-9-12(20)6-7-13(11)22-17-14(23-29(27,28)24(2)3)10-25(18(26)16(17)19)15-5-4-8-21-15/h4-10,21-23H,1-3H3. The Morgan fingerprint density at radius 3 is 2.52 bits per heavy atom. The van der Waals surface area contributed by atoms with Gasteiger partial charge in [0.15, 0.2) is 0 Å². The van der Waals surface area contributed by atoms with Crippen LogP contribution in [0.3, 0.4) is 0 Å². The van der Waals surface area contributed by atoms with Crippen LogP contribution in [0.1, 0.15) is 5.56 Å². The van der Waals surface area contributed by atoms with Crippen molar-refractivity contribution in [3.8, 4) is 5.82 Å². The molecule has 8 nitrogen and oxygen atoms in total. The molecule has 0 saturated heterocycles. The quantitative estimate of drug-likeness (QED) is 0.426. The number of nitrogens with one attached hydrogen (secondary N) is 3. The molecule has 3 N–H and O–H groups in total. The van der Waals surface area contributed by atoms with E-state index in [-0.39, 0.29) is 11.4 Å². The number of aromatic amines is 1. The predicted molar refractivity (Wildman–Crippen MR) is 120 cm³/mol. The van der Waals surface area contributed by atoms with Crippen LogP contribution in [-0.4, -0.2) is 36.4 Å². The van der Waals surface area contributed by atoms with Crippen molar-refractivity contribution in [1.29, 1.82) is 0 Å². The number of aromatic nitrogens is 2. The summed E-state index contributed by atoms with van der Waals surface area (Å²) < 4.78 is 45.2. The maximum Gasteiger partial charge on any atom is 0.301 e. The first-order valence-corrected chi connectivity index (χ1v) is 10.9. The summed E-state index contributed by atoms with van der Waals surface area (Å²) in [5, 5.41) is 2.86. The molecule has 154 valence electrons. The summed E-state index contributed by atoms with van der Waals surface area (Å²) in [6, 6.07) is 8.64. The molecular weight excluding hydrogens is 512 g/mol. The first kappa shape index (κ1) is 21.3. The molecule has 0 fully saturated rings. The first-order valence-electron chi connectivity index (χ1n) is 8.42. The molecule has 0 aliphatic rings. The fraction of sp³-hybridized carbons (Fsp3) is 0.167. The second-order valence-corrected chi connectivity index (χ2v) is 9.57. The van der Waals surface area contributed by atoms with Crippen LogP contribution in [0.25, 0.3) is 5.82 Å². The molecule has 0 unspecified atom stereocenters. The molecule has 11 heteroatoms. The largest absolute Gasteiger partial charge is 0.351 e. The summed E-state index contributed by atoms with van der Waals surface area (Å²) in [4.78, 5) is 15.4. The number of rotatable bonds is 6. The molecule has 0 saturated carbocycles. The lowest BCUT2D eigenvalue weighted by atomic mass is 10.2. The van der Waals surface area contributed by atoms with Gasteiger partial charge < -0.3 is 10.3 Å². The van der Waals surface area contributed by atoms with E-state index < -0.39 is 21.6 Å². The highest BCUT2D eigenvalue weighted by molar-refractivity contribution is 14.1. The second-order valence-electron chi connectivity index (χ2n) is 6.44. The Morgan fingerprint density at radius 2 is 1.93 bits per heavy atom. The lowest BCUT2D eigenvalue weighted by Gasteiger charge is -2.19. The van der Waals surface area contributed by atoms with Gasteiger partial charge in [-0.25, -0.2) is 0 Å². The van der Waals surface area contributed by atoms with Crippen LogP contribution in [0.15, 0.2) is 47.5 Å². The van der Waals surface area contributed by atoms with Crippen LogP contribution in [-0.2, 0) is 10.2 Å². The summed E-state index contributed by atoms with van der Waals surface area (Å²) >= 11 is 2.15. The van der Waals surface area contributed by atoms with E-state index in [4.69, 9.17) is 0 Å². The van der Waals surface area contributed by atoms with Crippen LogP contribution in [0.4, 0.5) is 21.5 Å². The zero-order valence-corrected chi connectivity index (χ0v) is 18.8. The minimum atomic E-state index is -3.95. The van der Waals surface area contributed by atoms with Crippen molar-refractivity contribution in [3.05, 3.63) is 68.0 Å². The van der Waals surface area contributed by atoms with Crippen molar-refractivity contribution >= 4 is 49.9 Å². The number of nitrogens with zero attached hydrogens (tertiary/aromatic N) is 2. The van der Waals surface area contributed by atoms with Crippen LogP contribution >= 0.6 is 22.6 Å². The Bertz CT molecular complexity index is 1210. The number of aryl methyl sites for hydroxylation is 1. The molecule has 0 amide bonds. The van der Waals surface area contributed by atoms with Crippen molar-refractivity contribution in [2.75, 3.05) is 24.1 Å². The molecule has 0 aliphatic heterocycles. The maximum absolute atomic E-state index is 15.1. The van der Waals surface area contributed by atoms with Crippen molar-refractivity contribution in [2.24, 2.45) is 0 Å². The zero-order chi connectivity index (χ0) is 21.3. The highest BCUT2D eigenvalue weighted by atomic mass is 127. The van der Waals surface area contributed by atoms with Crippen LogP contribution in [0.2, 0.25) is 0 Å². The SMILES string of the molecule is Cc1cc(I)ccc1Nc1c(NS(=O)(=O)N(C)C)cn(-c2ccc[nH]2)c(=O)c1F. The van der Waals surface area contributed by atoms with E-state index in [0.29, 0.717) is 11.5 Å². The van der Waals surface area contributed by atoms with Crippen LogP contribution < -0.4 is 15.6 Å². The van der Waals surface area contributed by atoms with Gasteiger partial charge in [-0.1, -0.05) is 0 Å². The fourth-order valence-corrected chi connectivity index (χ4v) is 3.83. The molecule has 0 spiro atoms. The van der Waals surface area contributed by atoms with Gasteiger partial charge in [0, 0.05) is 35.7 Å². The first-order chi connectivity index (χ1) is 13.6. The summed E-state index contributed by atoms with van der Waals surface area (Å²) in [7, 11) is -1.26. The van der Waals surface area contributed by atoms with E-state index >= 15 is 4.39 Å². The minimum absolute atomic E-state index is 0.108. The van der Waals surface area contributed by atoms with Gasteiger partial charge in [0.2, 0.25) is 5.82 Å². The van der Waals surface area contributed by atoms with E-state index in [9.17, 15) is 13.2 Å². The Labute approximate surface area is 181 Å². The summed E-state index contributed by atoms with van der Waals surface area (Å²) in [5.41, 5.74) is 0.0692. The number of hydrogen-bond acceptors (Lipinski definition) is 4. The summed E-state index contributed by atoms with van der Waals surface area (Å²) in [5.74, 6) is -0.812. The van der Waals surface area contributed by atoms with E-state index in [1.807, 2.05) is 19.1 Å².